The van der Waals surface area contributed by atoms with Gasteiger partial charge in [0, 0.05) is 24.0 Å². The predicted octanol–water partition coefficient (Wildman–Crippen LogP) is 2.97. The van der Waals surface area contributed by atoms with Crippen LogP contribution in [0.3, 0.4) is 0 Å². The van der Waals surface area contributed by atoms with Crippen molar-refractivity contribution >= 4 is 11.3 Å². The Balaban J connectivity index is 2.06. The number of nitrogens with one attached hydrogen (secondary N) is 1. The molecule has 0 aromatic carbocycles. The van der Waals surface area contributed by atoms with E-state index in [1.165, 1.54) is 48.1 Å². The molecule has 0 bridgehead atoms. The molecule has 4 heteroatoms. The van der Waals surface area contributed by atoms with Crippen molar-refractivity contribution < 1.29 is 0 Å². The molecule has 3 nitrogen and oxygen atoms in total. The van der Waals surface area contributed by atoms with Crippen molar-refractivity contribution in [3.63, 3.8) is 0 Å². The third-order valence-electron chi connectivity index (χ3n) is 3.77. The Bertz CT molecular complexity index is 394. The van der Waals surface area contributed by atoms with Gasteiger partial charge in [0.25, 0.3) is 0 Å². The van der Waals surface area contributed by atoms with Gasteiger partial charge in [0.1, 0.15) is 0 Å². The maximum atomic E-state index is 4.57. The predicted molar refractivity (Wildman–Crippen MR) is 82.7 cm³/mol. The molecular weight excluding hydrogens is 254 g/mol. The Morgan fingerprint density at radius 1 is 1.32 bits per heavy atom. The molecule has 1 aliphatic heterocycles. The van der Waals surface area contributed by atoms with Crippen LogP contribution in [0.2, 0.25) is 0 Å². The number of aromatic nitrogens is 1. The van der Waals surface area contributed by atoms with E-state index in [2.05, 4.69) is 42.9 Å². The van der Waals surface area contributed by atoms with Gasteiger partial charge < -0.3 is 5.32 Å². The second-order valence-electron chi connectivity index (χ2n) is 6.05. The molecule has 1 aliphatic rings. The quantitative estimate of drug-likeness (QED) is 0.899. The maximum absolute atomic E-state index is 4.57. The Morgan fingerprint density at radius 3 is 2.53 bits per heavy atom. The summed E-state index contributed by atoms with van der Waals surface area (Å²) in [5.74, 6) is 0.726. The summed E-state index contributed by atoms with van der Waals surface area (Å²) in [5, 5.41) is 4.66. The van der Waals surface area contributed by atoms with Gasteiger partial charge in [-0.05, 0) is 45.7 Å². The van der Waals surface area contributed by atoms with Gasteiger partial charge in [-0.2, -0.15) is 0 Å². The van der Waals surface area contributed by atoms with Crippen molar-refractivity contribution in [2.24, 2.45) is 5.92 Å². The van der Waals surface area contributed by atoms with E-state index in [1.807, 2.05) is 11.3 Å². The lowest BCUT2D eigenvalue weighted by atomic mass is 10.0. The summed E-state index contributed by atoms with van der Waals surface area (Å²) < 4.78 is 0. The number of hydrogen-bond donors (Lipinski definition) is 1. The van der Waals surface area contributed by atoms with Crippen LogP contribution in [0.1, 0.15) is 42.3 Å². The zero-order valence-corrected chi connectivity index (χ0v) is 13.5. The number of rotatable bonds is 5. The first-order valence-electron chi connectivity index (χ1n) is 7.44. The van der Waals surface area contributed by atoms with Gasteiger partial charge in [0.15, 0.2) is 0 Å². The summed E-state index contributed by atoms with van der Waals surface area (Å²) in [6.45, 7) is 13.5. The monoisotopic (exact) mass is 281 g/mol. The molecule has 2 heterocycles. The molecule has 0 amide bonds. The highest BCUT2D eigenvalue weighted by atomic mass is 32.1. The average Bonchev–Trinajstić information content (AvgIpc) is 2.67. The van der Waals surface area contributed by atoms with E-state index in [9.17, 15) is 0 Å². The Morgan fingerprint density at radius 2 is 2.00 bits per heavy atom. The molecule has 0 spiro atoms. The molecule has 0 aliphatic carbocycles. The Kier molecular flexibility index (Phi) is 5.37. The fourth-order valence-electron chi connectivity index (χ4n) is 2.89. The first-order valence-corrected chi connectivity index (χ1v) is 8.25. The zero-order valence-electron chi connectivity index (χ0n) is 12.7. The minimum Gasteiger partial charge on any atom is -0.317 e. The van der Waals surface area contributed by atoms with E-state index in [0.29, 0.717) is 0 Å². The fourth-order valence-corrected chi connectivity index (χ4v) is 3.85. The Hall–Kier alpha value is -0.450. The van der Waals surface area contributed by atoms with E-state index in [-0.39, 0.29) is 0 Å². The number of piperidine rings is 1. The number of thiazole rings is 1. The lowest BCUT2D eigenvalue weighted by Crippen LogP contribution is -2.44. The maximum Gasteiger partial charge on any atom is 0.0900 e. The smallest absolute Gasteiger partial charge is 0.0900 e. The lowest BCUT2D eigenvalue weighted by Gasteiger charge is -2.35. The topological polar surface area (TPSA) is 28.2 Å². The number of aryl methyl sites for hydroxylation is 2. The second kappa shape index (κ2) is 6.82. The van der Waals surface area contributed by atoms with Crippen LogP contribution in [0, 0.1) is 19.8 Å². The molecule has 1 aromatic heterocycles. The summed E-state index contributed by atoms with van der Waals surface area (Å²) in [4.78, 5) is 8.71. The minimum absolute atomic E-state index is 0.726. The van der Waals surface area contributed by atoms with Crippen LogP contribution in [0.25, 0.3) is 0 Å². The van der Waals surface area contributed by atoms with E-state index >= 15 is 0 Å². The molecular formula is C15H27N3S. The number of nitrogens with zero attached hydrogens (tertiary/aromatic N) is 2. The molecule has 1 N–H and O–H groups in total. The van der Waals surface area contributed by atoms with Crippen LogP contribution in [0.15, 0.2) is 0 Å². The first kappa shape index (κ1) is 14.9. The van der Waals surface area contributed by atoms with Gasteiger partial charge in [-0.25, -0.2) is 4.98 Å². The summed E-state index contributed by atoms with van der Waals surface area (Å²) >= 11 is 1.87. The van der Waals surface area contributed by atoms with Gasteiger partial charge in [0.05, 0.1) is 10.7 Å². The van der Waals surface area contributed by atoms with E-state index in [1.54, 1.807) is 0 Å². The molecule has 0 unspecified atom stereocenters. The minimum atomic E-state index is 0.726. The normalized spacial score (nSPS) is 17.6. The summed E-state index contributed by atoms with van der Waals surface area (Å²) in [5.41, 5.74) is 1.23. The SMILES string of the molecule is Cc1nc(C)c(CN(CC(C)C)C2CCNCC2)s1. The largest absolute Gasteiger partial charge is 0.317 e. The molecule has 1 saturated heterocycles. The van der Waals surface area contributed by atoms with Crippen molar-refractivity contribution in [2.45, 2.75) is 53.1 Å². The average molecular weight is 281 g/mol. The fraction of sp³-hybridized carbons (Fsp3) is 0.800. The molecule has 108 valence electrons. The van der Waals surface area contributed by atoms with Gasteiger partial charge in [-0.15, -0.1) is 11.3 Å². The summed E-state index contributed by atoms with van der Waals surface area (Å²) in [6, 6.07) is 0.741. The van der Waals surface area contributed by atoms with Gasteiger partial charge in [-0.3, -0.25) is 4.90 Å². The number of hydrogen-bond acceptors (Lipinski definition) is 4. The van der Waals surface area contributed by atoms with E-state index in [0.717, 1.165) is 18.5 Å². The Labute approximate surface area is 121 Å². The third-order valence-corrected chi connectivity index (χ3v) is 4.83. The van der Waals surface area contributed by atoms with Crippen LogP contribution in [0.5, 0.6) is 0 Å². The van der Waals surface area contributed by atoms with Crippen molar-refractivity contribution in [1.29, 1.82) is 0 Å². The molecule has 1 aromatic rings. The zero-order chi connectivity index (χ0) is 13.8. The highest BCUT2D eigenvalue weighted by Gasteiger charge is 2.23. The van der Waals surface area contributed by atoms with E-state index < -0.39 is 0 Å². The van der Waals surface area contributed by atoms with Crippen LogP contribution < -0.4 is 5.32 Å². The third kappa shape index (κ3) is 4.26. The van der Waals surface area contributed by atoms with Gasteiger partial charge in [-0.1, -0.05) is 13.8 Å². The van der Waals surface area contributed by atoms with Crippen molar-refractivity contribution in [3.8, 4) is 0 Å². The van der Waals surface area contributed by atoms with Crippen molar-refractivity contribution in [2.75, 3.05) is 19.6 Å². The van der Waals surface area contributed by atoms with Crippen LogP contribution in [-0.2, 0) is 6.54 Å². The van der Waals surface area contributed by atoms with Crippen molar-refractivity contribution in [1.82, 2.24) is 15.2 Å². The second-order valence-corrected chi connectivity index (χ2v) is 7.33. The molecule has 1 fully saturated rings. The highest BCUT2D eigenvalue weighted by Crippen LogP contribution is 2.23. The van der Waals surface area contributed by atoms with Crippen LogP contribution in [-0.4, -0.2) is 35.6 Å². The molecule has 0 radical (unpaired) electrons. The summed E-state index contributed by atoms with van der Waals surface area (Å²) in [7, 11) is 0. The van der Waals surface area contributed by atoms with Crippen LogP contribution in [0.4, 0.5) is 0 Å². The van der Waals surface area contributed by atoms with Gasteiger partial charge in [0.2, 0.25) is 0 Å². The van der Waals surface area contributed by atoms with Crippen LogP contribution >= 0.6 is 11.3 Å². The highest BCUT2D eigenvalue weighted by molar-refractivity contribution is 7.11. The molecule has 0 saturated carbocycles. The lowest BCUT2D eigenvalue weighted by molar-refractivity contribution is 0.138. The molecule has 0 atom stereocenters. The van der Waals surface area contributed by atoms with E-state index in [4.69, 9.17) is 0 Å². The first-order chi connectivity index (χ1) is 9.06. The molecule has 2 rings (SSSR count). The summed E-state index contributed by atoms with van der Waals surface area (Å²) in [6.07, 6.45) is 2.56. The van der Waals surface area contributed by atoms with Gasteiger partial charge >= 0.3 is 0 Å². The van der Waals surface area contributed by atoms with Crippen molar-refractivity contribution in [3.05, 3.63) is 15.6 Å². The standard InChI is InChI=1S/C15H27N3S/c1-11(2)9-18(14-5-7-16-8-6-14)10-15-12(3)17-13(4)19-15/h11,14,16H,5-10H2,1-4H3. The molecule has 19 heavy (non-hydrogen) atoms.